The highest BCUT2D eigenvalue weighted by Gasteiger charge is 2.28. The van der Waals surface area contributed by atoms with E-state index in [4.69, 9.17) is 0 Å². The number of amides is 2. The normalized spacial score (nSPS) is 14.4. The zero-order chi connectivity index (χ0) is 22.8. The van der Waals surface area contributed by atoms with Crippen LogP contribution in [0.3, 0.4) is 0 Å². The Morgan fingerprint density at radius 3 is 2.55 bits per heavy atom. The standard InChI is InChI=1S/C26H23N5O2/c1-18(19-11-13-27-14-12-19)28-25(32)17-31-26(33)24-15-21-9-5-6-10-23(21)30(24)16-22(29-31)20-7-3-2-4-8-20/h2-15,18H,16-17H2,1H3,(H,28,32)/t18-/m0/s1. The fraction of sp³-hybridized carbons (Fsp3) is 0.154. The number of carbonyl (C=O) groups excluding carboxylic acids is 2. The lowest BCUT2D eigenvalue weighted by Crippen LogP contribution is -2.39. The lowest BCUT2D eigenvalue weighted by molar-refractivity contribution is -0.122. The fourth-order valence-corrected chi connectivity index (χ4v) is 4.11. The quantitative estimate of drug-likeness (QED) is 0.516. The van der Waals surface area contributed by atoms with Gasteiger partial charge in [-0.25, -0.2) is 5.01 Å². The Morgan fingerprint density at radius 2 is 1.76 bits per heavy atom. The summed E-state index contributed by atoms with van der Waals surface area (Å²) in [6, 6.07) is 23.0. The van der Waals surface area contributed by atoms with Crippen molar-refractivity contribution in [3.05, 3.63) is 102 Å². The molecule has 1 atom stereocenters. The number of nitrogens with one attached hydrogen (secondary N) is 1. The summed E-state index contributed by atoms with van der Waals surface area (Å²) in [4.78, 5) is 30.4. The number of carbonyl (C=O) groups is 2. The van der Waals surface area contributed by atoms with Crippen LogP contribution in [0.15, 0.2) is 90.3 Å². The average Bonchev–Trinajstić information content (AvgIpc) is 3.15. The molecule has 7 heteroatoms. The third kappa shape index (κ3) is 4.13. The third-order valence-corrected chi connectivity index (χ3v) is 5.80. The number of aromatic nitrogens is 2. The van der Waals surface area contributed by atoms with Gasteiger partial charge in [-0.2, -0.15) is 5.10 Å². The minimum atomic E-state index is -0.302. The van der Waals surface area contributed by atoms with Crippen molar-refractivity contribution in [3.8, 4) is 0 Å². The summed E-state index contributed by atoms with van der Waals surface area (Å²) in [5, 5.41) is 9.85. The molecular formula is C26H23N5O2. The van der Waals surface area contributed by atoms with Crippen LogP contribution in [0.1, 0.15) is 34.6 Å². The number of fused-ring (bicyclic) bond motifs is 3. The van der Waals surface area contributed by atoms with Gasteiger partial charge < -0.3 is 9.88 Å². The SMILES string of the molecule is C[C@H](NC(=O)CN1N=C(c2ccccc2)Cn2c(cc3ccccc32)C1=O)c1ccncc1. The molecule has 0 fully saturated rings. The molecule has 2 aromatic carbocycles. The molecule has 0 saturated heterocycles. The van der Waals surface area contributed by atoms with Gasteiger partial charge in [0.25, 0.3) is 5.91 Å². The largest absolute Gasteiger partial charge is 0.348 e. The minimum Gasteiger partial charge on any atom is -0.348 e. The topological polar surface area (TPSA) is 79.6 Å². The van der Waals surface area contributed by atoms with Crippen molar-refractivity contribution in [1.82, 2.24) is 19.9 Å². The Balaban J connectivity index is 1.48. The van der Waals surface area contributed by atoms with Crippen molar-refractivity contribution in [3.63, 3.8) is 0 Å². The van der Waals surface area contributed by atoms with Gasteiger partial charge in [-0.1, -0.05) is 48.5 Å². The summed E-state index contributed by atoms with van der Waals surface area (Å²) < 4.78 is 1.97. The van der Waals surface area contributed by atoms with E-state index in [2.05, 4.69) is 15.4 Å². The van der Waals surface area contributed by atoms with Crippen molar-refractivity contribution in [2.75, 3.05) is 6.54 Å². The molecule has 1 aliphatic heterocycles. The van der Waals surface area contributed by atoms with Gasteiger partial charge in [0.15, 0.2) is 0 Å². The molecular weight excluding hydrogens is 414 g/mol. The molecule has 1 N–H and O–H groups in total. The number of para-hydroxylation sites is 1. The van der Waals surface area contributed by atoms with Crippen molar-refractivity contribution < 1.29 is 9.59 Å². The molecule has 7 nitrogen and oxygen atoms in total. The summed E-state index contributed by atoms with van der Waals surface area (Å²) in [6.45, 7) is 2.16. The van der Waals surface area contributed by atoms with E-state index in [1.165, 1.54) is 5.01 Å². The summed E-state index contributed by atoms with van der Waals surface area (Å²) in [5.41, 5.74) is 4.04. The van der Waals surface area contributed by atoms with Gasteiger partial charge in [0, 0.05) is 23.3 Å². The van der Waals surface area contributed by atoms with E-state index in [-0.39, 0.29) is 24.4 Å². The maximum Gasteiger partial charge on any atom is 0.291 e. The molecule has 0 unspecified atom stereocenters. The van der Waals surface area contributed by atoms with Gasteiger partial charge in [0.2, 0.25) is 5.91 Å². The second-order valence-corrected chi connectivity index (χ2v) is 8.02. The lowest BCUT2D eigenvalue weighted by atomic mass is 10.1. The smallest absolute Gasteiger partial charge is 0.291 e. The van der Waals surface area contributed by atoms with E-state index in [0.29, 0.717) is 12.2 Å². The summed E-state index contributed by atoms with van der Waals surface area (Å²) in [6.07, 6.45) is 3.37. The van der Waals surface area contributed by atoms with Gasteiger partial charge in [0.1, 0.15) is 12.2 Å². The third-order valence-electron chi connectivity index (χ3n) is 5.80. The molecule has 0 radical (unpaired) electrons. The van der Waals surface area contributed by atoms with Gasteiger partial charge in [-0.15, -0.1) is 0 Å². The molecule has 33 heavy (non-hydrogen) atoms. The van der Waals surface area contributed by atoms with Crippen LogP contribution in [0, 0.1) is 0 Å². The van der Waals surface area contributed by atoms with Crippen LogP contribution in [0.25, 0.3) is 10.9 Å². The highest BCUT2D eigenvalue weighted by Crippen LogP contribution is 2.24. The predicted molar refractivity (Wildman–Crippen MR) is 127 cm³/mol. The molecule has 0 bridgehead atoms. The molecule has 1 aliphatic rings. The Labute approximate surface area is 191 Å². The van der Waals surface area contributed by atoms with Crippen LogP contribution in [-0.4, -0.2) is 38.6 Å². The molecule has 0 aliphatic carbocycles. The zero-order valence-electron chi connectivity index (χ0n) is 18.2. The van der Waals surface area contributed by atoms with Crippen LogP contribution in [-0.2, 0) is 11.3 Å². The molecule has 0 spiro atoms. The molecule has 5 rings (SSSR count). The number of hydrogen-bond donors (Lipinski definition) is 1. The molecule has 2 aromatic heterocycles. The second-order valence-electron chi connectivity index (χ2n) is 8.02. The van der Waals surface area contributed by atoms with Crippen molar-refractivity contribution in [2.24, 2.45) is 5.10 Å². The minimum absolute atomic E-state index is 0.174. The first kappa shape index (κ1) is 20.6. The van der Waals surface area contributed by atoms with Crippen LogP contribution < -0.4 is 5.32 Å². The maximum atomic E-state index is 13.5. The zero-order valence-corrected chi connectivity index (χ0v) is 18.2. The van der Waals surface area contributed by atoms with Crippen LogP contribution >= 0.6 is 0 Å². The number of benzene rings is 2. The van der Waals surface area contributed by atoms with E-state index in [1.54, 1.807) is 12.4 Å². The monoisotopic (exact) mass is 437 g/mol. The number of nitrogens with zero attached hydrogens (tertiary/aromatic N) is 4. The second kappa shape index (κ2) is 8.70. The molecule has 2 amide bonds. The molecule has 164 valence electrons. The number of pyridine rings is 1. The van der Waals surface area contributed by atoms with Crippen LogP contribution in [0.2, 0.25) is 0 Å². The fourth-order valence-electron chi connectivity index (χ4n) is 4.11. The van der Waals surface area contributed by atoms with Gasteiger partial charge in [-0.05, 0) is 42.3 Å². The number of hydrogen-bond acceptors (Lipinski definition) is 4. The van der Waals surface area contributed by atoms with Gasteiger partial charge in [0.05, 0.1) is 18.3 Å². The van der Waals surface area contributed by atoms with E-state index < -0.39 is 0 Å². The van der Waals surface area contributed by atoms with Gasteiger partial charge in [-0.3, -0.25) is 14.6 Å². The highest BCUT2D eigenvalue weighted by molar-refractivity contribution is 6.07. The molecule has 0 saturated carbocycles. The first-order chi connectivity index (χ1) is 16.1. The Bertz CT molecular complexity index is 1350. The van der Waals surface area contributed by atoms with Crippen molar-refractivity contribution >= 4 is 28.4 Å². The van der Waals surface area contributed by atoms with E-state index in [1.807, 2.05) is 84.3 Å². The summed E-state index contributed by atoms with van der Waals surface area (Å²) in [5.74, 6) is -0.586. The van der Waals surface area contributed by atoms with E-state index >= 15 is 0 Å². The summed E-state index contributed by atoms with van der Waals surface area (Å²) in [7, 11) is 0. The highest BCUT2D eigenvalue weighted by atomic mass is 16.2. The predicted octanol–water partition coefficient (Wildman–Crippen LogP) is 3.77. The summed E-state index contributed by atoms with van der Waals surface area (Å²) >= 11 is 0. The first-order valence-corrected chi connectivity index (χ1v) is 10.8. The van der Waals surface area contributed by atoms with Gasteiger partial charge >= 0.3 is 0 Å². The van der Waals surface area contributed by atoms with Crippen molar-refractivity contribution in [1.29, 1.82) is 0 Å². The Morgan fingerprint density at radius 1 is 1.03 bits per heavy atom. The Hall–Kier alpha value is -4.26. The van der Waals surface area contributed by atoms with Crippen LogP contribution in [0.5, 0.6) is 0 Å². The number of hydrazone groups is 1. The average molecular weight is 438 g/mol. The maximum absolute atomic E-state index is 13.5. The Kier molecular flexibility index (Phi) is 5.44. The van der Waals surface area contributed by atoms with E-state index in [0.717, 1.165) is 27.7 Å². The van der Waals surface area contributed by atoms with Crippen molar-refractivity contribution in [2.45, 2.75) is 19.5 Å². The molecule has 4 aromatic rings. The first-order valence-electron chi connectivity index (χ1n) is 10.8. The van der Waals surface area contributed by atoms with Crippen LogP contribution in [0.4, 0.5) is 0 Å². The lowest BCUT2D eigenvalue weighted by Gasteiger charge is -2.19. The molecule has 3 heterocycles. The number of rotatable bonds is 5. The van der Waals surface area contributed by atoms with E-state index in [9.17, 15) is 9.59 Å².